The highest BCUT2D eigenvalue weighted by atomic mass is 15.0. The summed E-state index contributed by atoms with van der Waals surface area (Å²) >= 11 is 0. The van der Waals surface area contributed by atoms with Crippen LogP contribution < -0.4 is 0 Å². The number of para-hydroxylation sites is 1. The predicted octanol–water partition coefficient (Wildman–Crippen LogP) is 14.4. The Kier molecular flexibility index (Phi) is 7.04. The Hall–Kier alpha value is -6.12. The van der Waals surface area contributed by atoms with Gasteiger partial charge in [-0.25, -0.2) is 0 Å². The zero-order valence-corrected chi connectivity index (χ0v) is 31.9. The van der Waals surface area contributed by atoms with Crippen LogP contribution in [0.25, 0.3) is 87.7 Å². The summed E-state index contributed by atoms with van der Waals surface area (Å²) in [6.45, 7) is 13.7. The molecule has 0 unspecified atom stereocenters. The second kappa shape index (κ2) is 11.7. The maximum absolute atomic E-state index is 2.47. The highest BCUT2D eigenvalue weighted by molar-refractivity contribution is 6.24. The lowest BCUT2D eigenvalue weighted by Gasteiger charge is -2.19. The fourth-order valence-electron chi connectivity index (χ4n) is 8.79. The SMILES string of the molecule is CC(C)(C)c1ccc(-n2c3ccccc3c3c4cccc(-c5ccc6c(c5)c5ccc7ccccc7c5n6-c5ccc(C(C)(C)C)cc5)c4ccc32)cc1. The Bertz CT molecular complexity index is 3080. The molecule has 10 aromatic rings. The zero-order chi connectivity index (χ0) is 36.9. The van der Waals surface area contributed by atoms with Crippen LogP contribution in [0.4, 0.5) is 0 Å². The summed E-state index contributed by atoms with van der Waals surface area (Å²) < 4.78 is 4.90. The van der Waals surface area contributed by atoms with Crippen molar-refractivity contribution in [1.29, 1.82) is 0 Å². The largest absolute Gasteiger partial charge is 0.309 e. The van der Waals surface area contributed by atoms with Crippen LogP contribution in [0.15, 0.2) is 158 Å². The van der Waals surface area contributed by atoms with E-state index in [1.165, 1.54) is 98.8 Å². The summed E-state index contributed by atoms with van der Waals surface area (Å²) in [5.74, 6) is 0. The van der Waals surface area contributed by atoms with Crippen LogP contribution in [0.3, 0.4) is 0 Å². The number of rotatable bonds is 3. The molecule has 2 aromatic heterocycles. The molecule has 0 atom stereocenters. The smallest absolute Gasteiger partial charge is 0.0619 e. The minimum absolute atomic E-state index is 0.0948. The van der Waals surface area contributed by atoms with E-state index in [-0.39, 0.29) is 10.8 Å². The molecule has 54 heavy (non-hydrogen) atoms. The molecular formula is C52H44N2. The molecule has 262 valence electrons. The lowest BCUT2D eigenvalue weighted by Crippen LogP contribution is -2.10. The summed E-state index contributed by atoms with van der Waals surface area (Å²) in [5.41, 5.74) is 12.7. The van der Waals surface area contributed by atoms with E-state index in [1.807, 2.05) is 0 Å². The van der Waals surface area contributed by atoms with Gasteiger partial charge in [-0.05, 0) is 97.8 Å². The Labute approximate surface area is 316 Å². The first-order valence-corrected chi connectivity index (χ1v) is 19.2. The van der Waals surface area contributed by atoms with Gasteiger partial charge in [-0.2, -0.15) is 0 Å². The van der Waals surface area contributed by atoms with Gasteiger partial charge in [0.25, 0.3) is 0 Å². The molecule has 0 saturated carbocycles. The van der Waals surface area contributed by atoms with E-state index >= 15 is 0 Å². The molecule has 0 fully saturated rings. The van der Waals surface area contributed by atoms with Gasteiger partial charge in [-0.3, -0.25) is 0 Å². The van der Waals surface area contributed by atoms with E-state index in [0.717, 1.165) is 0 Å². The number of benzene rings is 8. The molecule has 0 radical (unpaired) electrons. The fraction of sp³-hybridized carbons (Fsp3) is 0.154. The van der Waals surface area contributed by atoms with Gasteiger partial charge in [0.1, 0.15) is 0 Å². The quantitative estimate of drug-likeness (QED) is 0.174. The normalized spacial score (nSPS) is 12.6. The molecule has 0 aliphatic heterocycles. The van der Waals surface area contributed by atoms with Crippen molar-refractivity contribution in [3.05, 3.63) is 169 Å². The van der Waals surface area contributed by atoms with Gasteiger partial charge in [0.2, 0.25) is 0 Å². The monoisotopic (exact) mass is 696 g/mol. The predicted molar refractivity (Wildman–Crippen MR) is 233 cm³/mol. The van der Waals surface area contributed by atoms with E-state index in [1.54, 1.807) is 0 Å². The summed E-state index contributed by atoms with van der Waals surface area (Å²) in [5, 5.41) is 10.2. The zero-order valence-electron chi connectivity index (χ0n) is 31.9. The van der Waals surface area contributed by atoms with Crippen molar-refractivity contribution < 1.29 is 0 Å². The van der Waals surface area contributed by atoms with E-state index in [9.17, 15) is 0 Å². The summed E-state index contributed by atoms with van der Waals surface area (Å²) in [6, 6.07) is 59.1. The summed E-state index contributed by atoms with van der Waals surface area (Å²) in [4.78, 5) is 0. The van der Waals surface area contributed by atoms with Crippen molar-refractivity contribution in [3.63, 3.8) is 0 Å². The molecule has 2 heteroatoms. The van der Waals surface area contributed by atoms with Gasteiger partial charge in [0.15, 0.2) is 0 Å². The number of aromatic nitrogens is 2. The summed E-state index contributed by atoms with van der Waals surface area (Å²) in [6.07, 6.45) is 0. The third-order valence-electron chi connectivity index (χ3n) is 11.6. The molecule has 0 bridgehead atoms. The van der Waals surface area contributed by atoms with Crippen LogP contribution in [0.1, 0.15) is 52.7 Å². The molecular weight excluding hydrogens is 653 g/mol. The van der Waals surface area contributed by atoms with Crippen LogP contribution in [0.2, 0.25) is 0 Å². The number of fused-ring (bicyclic) bond motifs is 10. The van der Waals surface area contributed by atoms with Gasteiger partial charge in [-0.1, -0.05) is 151 Å². The highest BCUT2D eigenvalue weighted by Crippen LogP contribution is 2.43. The van der Waals surface area contributed by atoms with E-state index in [2.05, 4.69) is 208 Å². The molecule has 2 heterocycles. The first-order chi connectivity index (χ1) is 26.1. The lowest BCUT2D eigenvalue weighted by atomic mass is 9.87. The van der Waals surface area contributed by atoms with Crippen LogP contribution in [-0.2, 0) is 10.8 Å². The second-order valence-corrected chi connectivity index (χ2v) is 17.1. The van der Waals surface area contributed by atoms with Gasteiger partial charge in [0.05, 0.1) is 22.1 Å². The van der Waals surface area contributed by atoms with Crippen LogP contribution in [0.5, 0.6) is 0 Å². The molecule has 8 aromatic carbocycles. The third-order valence-corrected chi connectivity index (χ3v) is 11.6. The number of nitrogens with zero attached hydrogens (tertiary/aromatic N) is 2. The Morgan fingerprint density at radius 1 is 0.370 bits per heavy atom. The van der Waals surface area contributed by atoms with E-state index in [4.69, 9.17) is 0 Å². The van der Waals surface area contributed by atoms with Crippen molar-refractivity contribution >= 4 is 65.2 Å². The number of hydrogen-bond acceptors (Lipinski definition) is 0. The van der Waals surface area contributed by atoms with Gasteiger partial charge in [0, 0.05) is 38.3 Å². The maximum Gasteiger partial charge on any atom is 0.0619 e. The minimum atomic E-state index is 0.0948. The molecule has 0 N–H and O–H groups in total. The van der Waals surface area contributed by atoms with Crippen molar-refractivity contribution in [2.45, 2.75) is 52.4 Å². The highest BCUT2D eigenvalue weighted by Gasteiger charge is 2.21. The van der Waals surface area contributed by atoms with Crippen LogP contribution in [-0.4, -0.2) is 9.13 Å². The van der Waals surface area contributed by atoms with Crippen molar-refractivity contribution in [3.8, 4) is 22.5 Å². The maximum atomic E-state index is 2.47. The molecule has 10 rings (SSSR count). The van der Waals surface area contributed by atoms with Gasteiger partial charge in [-0.15, -0.1) is 0 Å². The lowest BCUT2D eigenvalue weighted by molar-refractivity contribution is 0.590. The van der Waals surface area contributed by atoms with Crippen molar-refractivity contribution in [2.75, 3.05) is 0 Å². The second-order valence-electron chi connectivity index (χ2n) is 17.1. The van der Waals surface area contributed by atoms with Gasteiger partial charge >= 0.3 is 0 Å². The standard InChI is InChI=1S/C52H44N2/c1-51(2,3)35-20-24-37(25-21-35)53-46-17-10-9-14-44(46)49-42-16-11-15-39(41(42)29-31-48(49)53)34-19-30-47-45(32-34)43-28-18-33-12-7-8-13-40(33)50(43)54(47)38-26-22-36(23-27-38)52(4,5)6/h7-32H,1-6H3. The molecule has 0 aliphatic carbocycles. The molecule has 0 saturated heterocycles. The van der Waals surface area contributed by atoms with Crippen LogP contribution >= 0.6 is 0 Å². The Balaban J connectivity index is 1.19. The van der Waals surface area contributed by atoms with Crippen molar-refractivity contribution in [1.82, 2.24) is 9.13 Å². The number of hydrogen-bond donors (Lipinski definition) is 0. The first kappa shape index (κ1) is 32.5. The van der Waals surface area contributed by atoms with E-state index < -0.39 is 0 Å². The molecule has 2 nitrogen and oxygen atoms in total. The Morgan fingerprint density at radius 2 is 0.944 bits per heavy atom. The molecule has 0 spiro atoms. The van der Waals surface area contributed by atoms with Gasteiger partial charge < -0.3 is 9.13 Å². The van der Waals surface area contributed by atoms with Crippen LogP contribution in [0, 0.1) is 0 Å². The molecule has 0 amide bonds. The topological polar surface area (TPSA) is 9.86 Å². The first-order valence-electron chi connectivity index (χ1n) is 19.2. The Morgan fingerprint density at radius 3 is 1.65 bits per heavy atom. The average molecular weight is 697 g/mol. The molecule has 0 aliphatic rings. The minimum Gasteiger partial charge on any atom is -0.309 e. The summed E-state index contributed by atoms with van der Waals surface area (Å²) in [7, 11) is 0. The fourth-order valence-corrected chi connectivity index (χ4v) is 8.79. The third kappa shape index (κ3) is 4.93. The van der Waals surface area contributed by atoms with E-state index in [0.29, 0.717) is 0 Å². The average Bonchev–Trinajstić information content (AvgIpc) is 3.70. The van der Waals surface area contributed by atoms with Crippen molar-refractivity contribution in [2.24, 2.45) is 0 Å².